The van der Waals surface area contributed by atoms with Crippen molar-refractivity contribution < 1.29 is 13.2 Å². The number of amides is 1. The van der Waals surface area contributed by atoms with E-state index in [2.05, 4.69) is 5.32 Å². The first-order valence-electron chi connectivity index (χ1n) is 7.29. The smallest absolute Gasteiger partial charge is 0.253 e. The van der Waals surface area contributed by atoms with Crippen molar-refractivity contribution in [3.8, 4) is 0 Å². The van der Waals surface area contributed by atoms with Gasteiger partial charge in [-0.2, -0.15) is 0 Å². The Morgan fingerprint density at radius 1 is 1.33 bits per heavy atom. The molecule has 5 nitrogen and oxygen atoms in total. The van der Waals surface area contributed by atoms with Gasteiger partial charge in [-0.1, -0.05) is 6.92 Å². The van der Waals surface area contributed by atoms with Crippen molar-refractivity contribution in [2.75, 3.05) is 25.4 Å². The van der Waals surface area contributed by atoms with Gasteiger partial charge >= 0.3 is 0 Å². The first-order valence-corrected chi connectivity index (χ1v) is 8.94. The summed E-state index contributed by atoms with van der Waals surface area (Å²) in [6, 6.07) is 6.56. The Bertz CT molecular complexity index is 596. The van der Waals surface area contributed by atoms with Crippen LogP contribution in [0.5, 0.6) is 0 Å². The van der Waals surface area contributed by atoms with Crippen LogP contribution in [0.15, 0.2) is 29.2 Å². The Morgan fingerprint density at radius 2 is 2.00 bits per heavy atom. The summed E-state index contributed by atoms with van der Waals surface area (Å²) in [6.45, 7) is 6.02. The van der Waals surface area contributed by atoms with Crippen LogP contribution >= 0.6 is 0 Å². The summed E-state index contributed by atoms with van der Waals surface area (Å²) in [4.78, 5) is 14.5. The van der Waals surface area contributed by atoms with Crippen LogP contribution in [0.25, 0.3) is 0 Å². The van der Waals surface area contributed by atoms with Gasteiger partial charge < -0.3 is 10.2 Å². The summed E-state index contributed by atoms with van der Waals surface area (Å²) >= 11 is 0. The highest BCUT2D eigenvalue weighted by molar-refractivity contribution is 7.91. The molecular formula is C15H22N2O3S. The van der Waals surface area contributed by atoms with Gasteiger partial charge in [-0.15, -0.1) is 0 Å². The molecule has 1 saturated heterocycles. The van der Waals surface area contributed by atoms with Crippen molar-refractivity contribution in [1.29, 1.82) is 0 Å². The number of carbonyl (C=O) groups excluding carboxylic acids is 1. The van der Waals surface area contributed by atoms with Crippen LogP contribution in [0.4, 0.5) is 0 Å². The van der Waals surface area contributed by atoms with Crippen molar-refractivity contribution in [2.24, 2.45) is 0 Å². The zero-order valence-corrected chi connectivity index (χ0v) is 13.3. The van der Waals surface area contributed by atoms with E-state index in [9.17, 15) is 13.2 Å². The molecular weight excluding hydrogens is 288 g/mol. The molecule has 2 rings (SSSR count). The zero-order chi connectivity index (χ0) is 15.5. The molecule has 1 amide bonds. The molecule has 1 N–H and O–H groups in total. The van der Waals surface area contributed by atoms with E-state index in [-0.39, 0.29) is 22.6 Å². The summed E-state index contributed by atoms with van der Waals surface area (Å²) in [5.41, 5.74) is 0.541. The molecule has 0 aromatic heterocycles. The molecule has 0 aliphatic carbocycles. The van der Waals surface area contributed by atoms with Gasteiger partial charge in [0, 0.05) is 31.2 Å². The highest BCUT2D eigenvalue weighted by atomic mass is 32.2. The molecule has 1 fully saturated rings. The van der Waals surface area contributed by atoms with Gasteiger partial charge in [-0.05, 0) is 37.6 Å². The summed E-state index contributed by atoms with van der Waals surface area (Å²) in [7, 11) is -3.22. The first-order chi connectivity index (χ1) is 9.94. The van der Waals surface area contributed by atoms with Gasteiger partial charge in [-0.3, -0.25) is 4.79 Å². The quantitative estimate of drug-likeness (QED) is 0.910. The minimum absolute atomic E-state index is 0.0391. The fourth-order valence-electron chi connectivity index (χ4n) is 2.49. The molecule has 0 radical (unpaired) electrons. The molecule has 1 heterocycles. The number of carbonyl (C=O) groups is 1. The Morgan fingerprint density at radius 3 is 2.57 bits per heavy atom. The molecule has 1 aliphatic heterocycles. The minimum atomic E-state index is -3.22. The second kappa shape index (κ2) is 6.58. The number of piperazine rings is 1. The van der Waals surface area contributed by atoms with Crippen molar-refractivity contribution in [1.82, 2.24) is 10.2 Å². The van der Waals surface area contributed by atoms with E-state index >= 15 is 0 Å². The van der Waals surface area contributed by atoms with Crippen molar-refractivity contribution in [3.05, 3.63) is 29.8 Å². The summed E-state index contributed by atoms with van der Waals surface area (Å²) in [5, 5.41) is 3.29. The second-order valence-electron chi connectivity index (χ2n) is 5.45. The highest BCUT2D eigenvalue weighted by Gasteiger charge is 2.22. The lowest BCUT2D eigenvalue weighted by molar-refractivity contribution is 0.0709. The Kier molecular flexibility index (Phi) is 5.00. The lowest BCUT2D eigenvalue weighted by atomic mass is 10.1. The Balaban J connectivity index is 2.13. The third-order valence-corrected chi connectivity index (χ3v) is 5.53. The first kappa shape index (κ1) is 16.0. The van der Waals surface area contributed by atoms with Crippen LogP contribution in [-0.2, 0) is 9.84 Å². The van der Waals surface area contributed by atoms with Crippen LogP contribution in [0.3, 0.4) is 0 Å². The molecule has 1 aromatic carbocycles. The summed E-state index contributed by atoms with van der Waals surface area (Å²) < 4.78 is 23.9. The normalized spacial score (nSPS) is 19.5. The van der Waals surface area contributed by atoms with Gasteiger partial charge in [0.1, 0.15) is 0 Å². The number of hydrogen-bond acceptors (Lipinski definition) is 4. The molecule has 0 saturated carbocycles. The fraction of sp³-hybridized carbons (Fsp3) is 0.533. The minimum Gasteiger partial charge on any atom is -0.336 e. The van der Waals surface area contributed by atoms with Crippen LogP contribution in [0.1, 0.15) is 30.6 Å². The van der Waals surface area contributed by atoms with E-state index in [1.165, 1.54) is 12.1 Å². The van der Waals surface area contributed by atoms with Crippen molar-refractivity contribution in [3.63, 3.8) is 0 Å². The van der Waals surface area contributed by atoms with Crippen LogP contribution in [0, 0.1) is 0 Å². The van der Waals surface area contributed by atoms with Gasteiger partial charge in [-0.25, -0.2) is 8.42 Å². The number of benzene rings is 1. The molecule has 116 valence electrons. The maximum atomic E-state index is 12.4. The summed E-state index contributed by atoms with van der Waals surface area (Å²) in [6.07, 6.45) is 0.585. The number of sulfone groups is 1. The van der Waals surface area contributed by atoms with E-state index < -0.39 is 9.84 Å². The van der Waals surface area contributed by atoms with Crippen LogP contribution in [-0.4, -0.2) is 50.7 Å². The molecule has 1 atom stereocenters. The van der Waals surface area contributed by atoms with Crippen molar-refractivity contribution >= 4 is 15.7 Å². The van der Waals surface area contributed by atoms with Crippen LogP contribution < -0.4 is 5.32 Å². The van der Waals surface area contributed by atoms with E-state index in [0.717, 1.165) is 6.54 Å². The van der Waals surface area contributed by atoms with E-state index in [0.29, 0.717) is 25.1 Å². The standard InChI is InChI=1S/C15H22N2O3S/c1-3-10-21(19,20)14-6-4-13(5-7-14)15(18)17-9-8-16-12(2)11-17/h4-7,12,16H,3,8-11H2,1-2H3/t12-/m0/s1. The molecule has 1 aliphatic rings. The molecule has 0 spiro atoms. The van der Waals surface area contributed by atoms with E-state index in [4.69, 9.17) is 0 Å². The predicted molar refractivity (Wildman–Crippen MR) is 82.2 cm³/mol. The molecule has 21 heavy (non-hydrogen) atoms. The third kappa shape index (κ3) is 3.83. The van der Waals surface area contributed by atoms with Gasteiger partial charge in [0.15, 0.2) is 9.84 Å². The van der Waals surface area contributed by atoms with Gasteiger partial charge in [0.2, 0.25) is 0 Å². The van der Waals surface area contributed by atoms with E-state index in [1.54, 1.807) is 17.0 Å². The average Bonchev–Trinajstić information content (AvgIpc) is 2.46. The third-order valence-electron chi connectivity index (χ3n) is 3.59. The molecule has 6 heteroatoms. The maximum Gasteiger partial charge on any atom is 0.253 e. The highest BCUT2D eigenvalue weighted by Crippen LogP contribution is 2.15. The lowest BCUT2D eigenvalue weighted by Gasteiger charge is -2.32. The zero-order valence-electron chi connectivity index (χ0n) is 12.5. The monoisotopic (exact) mass is 310 g/mol. The van der Waals surface area contributed by atoms with E-state index in [1.807, 2.05) is 13.8 Å². The average molecular weight is 310 g/mol. The lowest BCUT2D eigenvalue weighted by Crippen LogP contribution is -2.51. The maximum absolute atomic E-state index is 12.4. The largest absolute Gasteiger partial charge is 0.336 e. The summed E-state index contributed by atoms with van der Waals surface area (Å²) in [5.74, 6) is 0.0954. The fourth-order valence-corrected chi connectivity index (χ4v) is 3.81. The molecule has 1 aromatic rings. The Hall–Kier alpha value is -1.40. The molecule has 0 bridgehead atoms. The number of nitrogens with one attached hydrogen (secondary N) is 1. The van der Waals surface area contributed by atoms with Crippen molar-refractivity contribution in [2.45, 2.75) is 31.2 Å². The number of nitrogens with zero attached hydrogens (tertiary/aromatic N) is 1. The van der Waals surface area contributed by atoms with Gasteiger partial charge in [0.25, 0.3) is 5.91 Å². The van der Waals surface area contributed by atoms with Gasteiger partial charge in [0.05, 0.1) is 10.6 Å². The number of hydrogen-bond donors (Lipinski definition) is 1. The topological polar surface area (TPSA) is 66.5 Å². The molecule has 0 unspecified atom stereocenters. The predicted octanol–water partition coefficient (Wildman–Crippen LogP) is 1.30. The van der Waals surface area contributed by atoms with Crippen LogP contribution in [0.2, 0.25) is 0 Å². The second-order valence-corrected chi connectivity index (χ2v) is 7.56. The Labute approximate surface area is 126 Å². The number of rotatable bonds is 4. The SMILES string of the molecule is CCCS(=O)(=O)c1ccc(C(=O)N2CCN[C@@H](C)C2)cc1.